The zero-order valence-electron chi connectivity index (χ0n) is 14.5. The van der Waals surface area contributed by atoms with Gasteiger partial charge >= 0.3 is 5.97 Å². The standard InChI is InChI=1S/C19H21N3O3/c1-19(2,3)14-10-11(7-8-16(23)24)9-13(18(14)25)12-5-4-6-15-17(12)21-22-20-15/h4-6,9-10,25H,7-8H2,1-3H3,(H,23,24)(H,20,21,22). The molecule has 0 aliphatic carbocycles. The van der Waals surface area contributed by atoms with Crippen LogP contribution >= 0.6 is 0 Å². The van der Waals surface area contributed by atoms with Gasteiger partial charge < -0.3 is 10.2 Å². The van der Waals surface area contributed by atoms with E-state index in [0.717, 1.165) is 16.7 Å². The van der Waals surface area contributed by atoms with E-state index in [0.29, 0.717) is 23.0 Å². The number of carboxylic acids is 1. The summed E-state index contributed by atoms with van der Waals surface area (Å²) in [5.74, 6) is -0.646. The van der Waals surface area contributed by atoms with Gasteiger partial charge in [0.2, 0.25) is 0 Å². The Morgan fingerprint density at radius 2 is 1.92 bits per heavy atom. The minimum Gasteiger partial charge on any atom is -0.507 e. The van der Waals surface area contributed by atoms with Gasteiger partial charge in [0.05, 0.1) is 0 Å². The molecule has 0 atom stereocenters. The smallest absolute Gasteiger partial charge is 0.303 e. The molecule has 3 aromatic rings. The second-order valence-electron chi connectivity index (χ2n) is 7.18. The van der Waals surface area contributed by atoms with Crippen molar-refractivity contribution in [3.05, 3.63) is 41.5 Å². The van der Waals surface area contributed by atoms with E-state index < -0.39 is 5.97 Å². The molecule has 0 aliphatic rings. The number of nitrogens with one attached hydrogen (secondary N) is 1. The molecule has 3 N–H and O–H groups in total. The van der Waals surface area contributed by atoms with Crippen molar-refractivity contribution < 1.29 is 15.0 Å². The zero-order valence-corrected chi connectivity index (χ0v) is 14.5. The highest BCUT2D eigenvalue weighted by atomic mass is 16.4. The van der Waals surface area contributed by atoms with Gasteiger partial charge in [-0.15, -0.1) is 0 Å². The topological polar surface area (TPSA) is 99.1 Å². The molecule has 0 saturated heterocycles. The van der Waals surface area contributed by atoms with E-state index in [1.54, 1.807) is 0 Å². The number of carbonyl (C=O) groups is 1. The lowest BCUT2D eigenvalue weighted by molar-refractivity contribution is -0.136. The van der Waals surface area contributed by atoms with Crippen molar-refractivity contribution >= 4 is 17.0 Å². The van der Waals surface area contributed by atoms with Gasteiger partial charge in [0.1, 0.15) is 16.8 Å². The number of fused-ring (bicyclic) bond motifs is 1. The molecule has 0 unspecified atom stereocenters. The molecule has 0 saturated carbocycles. The van der Waals surface area contributed by atoms with Crippen molar-refractivity contribution in [2.75, 3.05) is 0 Å². The van der Waals surface area contributed by atoms with Gasteiger partial charge in [-0.1, -0.05) is 39.0 Å². The average Bonchev–Trinajstić information content (AvgIpc) is 3.01. The first-order valence-electron chi connectivity index (χ1n) is 8.15. The number of aryl methyl sites for hydroxylation is 1. The first-order valence-corrected chi connectivity index (χ1v) is 8.15. The molecule has 0 fully saturated rings. The predicted molar refractivity (Wildman–Crippen MR) is 95.6 cm³/mol. The molecular weight excluding hydrogens is 318 g/mol. The number of phenols is 1. The third-order valence-electron chi connectivity index (χ3n) is 4.24. The summed E-state index contributed by atoms with van der Waals surface area (Å²) in [7, 11) is 0. The molecule has 1 aromatic heterocycles. The largest absolute Gasteiger partial charge is 0.507 e. The van der Waals surface area contributed by atoms with Gasteiger partial charge in [0, 0.05) is 23.1 Å². The lowest BCUT2D eigenvalue weighted by Crippen LogP contribution is -2.12. The van der Waals surface area contributed by atoms with Crippen LogP contribution in [0, 0.1) is 0 Å². The summed E-state index contributed by atoms with van der Waals surface area (Å²) in [6, 6.07) is 9.33. The maximum atomic E-state index is 10.9. The minimum atomic E-state index is -0.842. The summed E-state index contributed by atoms with van der Waals surface area (Å²) in [5, 5.41) is 30.8. The Balaban J connectivity index is 2.22. The molecule has 130 valence electrons. The van der Waals surface area contributed by atoms with Crippen molar-refractivity contribution in [2.45, 2.75) is 39.0 Å². The molecule has 0 radical (unpaired) electrons. The summed E-state index contributed by atoms with van der Waals surface area (Å²) in [6.07, 6.45) is 0.447. The van der Waals surface area contributed by atoms with Crippen LogP contribution in [-0.4, -0.2) is 31.6 Å². The van der Waals surface area contributed by atoms with Crippen LogP contribution in [0.2, 0.25) is 0 Å². The lowest BCUT2D eigenvalue weighted by Gasteiger charge is -2.23. The summed E-state index contributed by atoms with van der Waals surface area (Å²) in [5.41, 5.74) is 4.18. The van der Waals surface area contributed by atoms with Crippen molar-refractivity contribution in [3.8, 4) is 16.9 Å². The third-order valence-corrected chi connectivity index (χ3v) is 4.24. The quantitative estimate of drug-likeness (QED) is 0.674. The number of rotatable bonds is 4. The van der Waals surface area contributed by atoms with Crippen molar-refractivity contribution in [3.63, 3.8) is 0 Å². The van der Waals surface area contributed by atoms with Crippen LogP contribution in [0.1, 0.15) is 38.3 Å². The van der Waals surface area contributed by atoms with Gasteiger partial charge in [0.25, 0.3) is 0 Å². The van der Waals surface area contributed by atoms with E-state index in [-0.39, 0.29) is 17.6 Å². The Hall–Kier alpha value is -2.89. The Bertz CT molecular complexity index is 939. The van der Waals surface area contributed by atoms with E-state index >= 15 is 0 Å². The minimum absolute atomic E-state index is 0.0436. The number of aliphatic carboxylic acids is 1. The Morgan fingerprint density at radius 1 is 1.16 bits per heavy atom. The molecule has 0 spiro atoms. The normalized spacial score (nSPS) is 11.8. The number of carboxylic acid groups (broad SMARTS) is 1. The van der Waals surface area contributed by atoms with Crippen LogP contribution in [0.5, 0.6) is 5.75 Å². The highest BCUT2D eigenvalue weighted by Gasteiger charge is 2.23. The average molecular weight is 339 g/mol. The van der Waals surface area contributed by atoms with Crippen LogP contribution in [0.3, 0.4) is 0 Å². The van der Waals surface area contributed by atoms with Crippen molar-refractivity contribution in [2.24, 2.45) is 0 Å². The van der Waals surface area contributed by atoms with Crippen LogP contribution < -0.4 is 0 Å². The molecule has 6 heteroatoms. The molecule has 0 bridgehead atoms. The number of benzene rings is 2. The zero-order chi connectivity index (χ0) is 18.2. The molecule has 0 amide bonds. The predicted octanol–water partition coefficient (Wildman–Crippen LogP) is 3.65. The number of H-pyrrole nitrogens is 1. The molecule has 1 heterocycles. The van der Waals surface area contributed by atoms with E-state index in [2.05, 4.69) is 15.4 Å². The molecule has 2 aromatic carbocycles. The van der Waals surface area contributed by atoms with E-state index in [1.165, 1.54) is 0 Å². The molecule has 0 aliphatic heterocycles. The SMILES string of the molecule is CC(C)(C)c1cc(CCC(=O)O)cc(-c2cccc3n[nH]nc23)c1O. The summed E-state index contributed by atoms with van der Waals surface area (Å²) in [6.45, 7) is 6.05. The first kappa shape index (κ1) is 17.0. The van der Waals surface area contributed by atoms with Gasteiger partial charge in [-0.2, -0.15) is 15.4 Å². The molecule has 25 heavy (non-hydrogen) atoms. The number of phenolic OH excluding ortho intramolecular Hbond substituents is 1. The monoisotopic (exact) mass is 339 g/mol. The number of aromatic hydroxyl groups is 1. The van der Waals surface area contributed by atoms with Crippen LogP contribution in [0.25, 0.3) is 22.2 Å². The van der Waals surface area contributed by atoms with E-state index in [1.807, 2.05) is 51.1 Å². The highest BCUT2D eigenvalue weighted by Crippen LogP contribution is 2.41. The maximum absolute atomic E-state index is 10.9. The van der Waals surface area contributed by atoms with Crippen molar-refractivity contribution in [1.29, 1.82) is 0 Å². The number of aromatic amines is 1. The van der Waals surface area contributed by atoms with Gasteiger partial charge in [-0.05, 0) is 29.5 Å². The van der Waals surface area contributed by atoms with Gasteiger partial charge in [0.15, 0.2) is 0 Å². The fourth-order valence-electron chi connectivity index (χ4n) is 2.95. The Kier molecular flexibility index (Phi) is 4.20. The first-order chi connectivity index (χ1) is 11.8. The number of aromatic nitrogens is 3. The van der Waals surface area contributed by atoms with Crippen LogP contribution in [0.4, 0.5) is 0 Å². The number of nitrogens with zero attached hydrogens (tertiary/aromatic N) is 2. The fourth-order valence-corrected chi connectivity index (χ4v) is 2.95. The lowest BCUT2D eigenvalue weighted by atomic mass is 9.82. The van der Waals surface area contributed by atoms with Crippen LogP contribution in [0.15, 0.2) is 30.3 Å². The Labute approximate surface area is 145 Å². The summed E-state index contributed by atoms with van der Waals surface area (Å²) >= 11 is 0. The third kappa shape index (κ3) is 3.33. The van der Waals surface area contributed by atoms with Gasteiger partial charge in [-0.3, -0.25) is 4.79 Å². The Morgan fingerprint density at radius 3 is 2.60 bits per heavy atom. The number of hydrogen-bond donors (Lipinski definition) is 3. The van der Waals surface area contributed by atoms with E-state index in [9.17, 15) is 9.90 Å². The molecule has 6 nitrogen and oxygen atoms in total. The molecular formula is C19H21N3O3. The highest BCUT2D eigenvalue weighted by molar-refractivity contribution is 5.93. The molecule has 3 rings (SSSR count). The van der Waals surface area contributed by atoms with Crippen LogP contribution in [-0.2, 0) is 16.6 Å². The number of para-hydroxylation sites is 1. The summed E-state index contributed by atoms with van der Waals surface area (Å²) < 4.78 is 0. The van der Waals surface area contributed by atoms with Gasteiger partial charge in [-0.25, -0.2) is 0 Å². The summed E-state index contributed by atoms with van der Waals surface area (Å²) in [4.78, 5) is 10.9. The number of hydrogen-bond acceptors (Lipinski definition) is 4. The van der Waals surface area contributed by atoms with Crippen molar-refractivity contribution in [1.82, 2.24) is 15.4 Å². The second-order valence-corrected chi connectivity index (χ2v) is 7.18. The fraction of sp³-hybridized carbons (Fsp3) is 0.316. The maximum Gasteiger partial charge on any atom is 0.303 e. The second kappa shape index (κ2) is 6.20. The van der Waals surface area contributed by atoms with E-state index in [4.69, 9.17) is 5.11 Å².